The Morgan fingerprint density at radius 2 is 1.62 bits per heavy atom. The largest absolute Gasteiger partial charge is 0.481 e. The molecule has 138 valence electrons. The Balaban J connectivity index is 1.96. The molecule has 5 nitrogen and oxygen atoms in total. The minimum absolute atomic E-state index is 0.119. The van der Waals surface area contributed by atoms with E-state index in [-0.39, 0.29) is 12.3 Å². The van der Waals surface area contributed by atoms with Crippen LogP contribution in [0.4, 0.5) is 5.69 Å². The van der Waals surface area contributed by atoms with Crippen LogP contribution in [0.15, 0.2) is 54.6 Å². The number of nitrogens with one attached hydrogen (secondary N) is 1. The van der Waals surface area contributed by atoms with Crippen molar-refractivity contribution < 1.29 is 18.9 Å². The van der Waals surface area contributed by atoms with Crippen LogP contribution < -0.4 is 5.32 Å². The molecule has 26 heavy (non-hydrogen) atoms. The molecule has 0 saturated carbocycles. The van der Waals surface area contributed by atoms with E-state index in [2.05, 4.69) is 5.32 Å². The highest BCUT2D eigenvalue weighted by Crippen LogP contribution is 2.22. The zero-order valence-electron chi connectivity index (χ0n) is 14.9. The molecule has 0 bridgehead atoms. The summed E-state index contributed by atoms with van der Waals surface area (Å²) in [6.45, 7) is 3.02. The molecule has 1 atom stereocenters. The average molecular weight is 373 g/mol. The number of hydrogen-bond acceptors (Lipinski definition) is 3. The van der Waals surface area contributed by atoms with E-state index >= 15 is 0 Å². The third kappa shape index (κ3) is 6.11. The fourth-order valence-electron chi connectivity index (χ4n) is 2.42. The highest BCUT2D eigenvalue weighted by molar-refractivity contribution is 7.83. The summed E-state index contributed by atoms with van der Waals surface area (Å²) < 4.78 is 12.3. The van der Waals surface area contributed by atoms with Gasteiger partial charge in [0.25, 0.3) is 0 Å². The third-order valence-corrected chi connectivity index (χ3v) is 5.20. The maximum absolute atomic E-state index is 12.3. The van der Waals surface area contributed by atoms with Crippen molar-refractivity contribution >= 4 is 28.4 Å². The van der Waals surface area contributed by atoms with Crippen LogP contribution in [0.5, 0.6) is 0 Å². The highest BCUT2D eigenvalue weighted by atomic mass is 32.2. The summed E-state index contributed by atoms with van der Waals surface area (Å²) in [6.07, 6.45) is -0.119. The molecule has 0 aromatic heterocycles. The van der Waals surface area contributed by atoms with Gasteiger partial charge in [-0.3, -0.25) is 13.8 Å². The standard InChI is InChI=1S/C20H23NO4S/c1-20(2,19(23)24)12-18(22)21-17-10-6-9-16(11-17)14-26(25)13-15-7-4-3-5-8-15/h3-11H,12-14H2,1-2H3,(H,21,22)(H,23,24). The molecule has 0 spiro atoms. The summed E-state index contributed by atoms with van der Waals surface area (Å²) in [5, 5.41) is 11.8. The molecule has 2 N–H and O–H groups in total. The first-order valence-electron chi connectivity index (χ1n) is 8.27. The lowest BCUT2D eigenvalue weighted by molar-refractivity contribution is -0.148. The second kappa shape index (κ2) is 8.76. The van der Waals surface area contributed by atoms with Gasteiger partial charge in [0.15, 0.2) is 0 Å². The van der Waals surface area contributed by atoms with Crippen LogP contribution in [0.3, 0.4) is 0 Å². The van der Waals surface area contributed by atoms with E-state index in [9.17, 15) is 13.8 Å². The lowest BCUT2D eigenvalue weighted by Crippen LogP contribution is -2.29. The number of carboxylic acid groups (broad SMARTS) is 1. The summed E-state index contributed by atoms with van der Waals surface area (Å²) in [5.41, 5.74) is 1.32. The maximum Gasteiger partial charge on any atom is 0.309 e. The zero-order chi connectivity index (χ0) is 19.2. The summed E-state index contributed by atoms with van der Waals surface area (Å²) >= 11 is 0. The van der Waals surface area contributed by atoms with Crippen molar-refractivity contribution in [3.05, 3.63) is 65.7 Å². The number of carbonyl (C=O) groups excluding carboxylic acids is 1. The van der Waals surface area contributed by atoms with Gasteiger partial charge in [-0.15, -0.1) is 0 Å². The molecule has 2 aromatic carbocycles. The van der Waals surface area contributed by atoms with Crippen molar-refractivity contribution in [2.45, 2.75) is 31.8 Å². The van der Waals surface area contributed by atoms with Crippen molar-refractivity contribution in [1.29, 1.82) is 0 Å². The molecule has 0 radical (unpaired) electrons. The number of benzene rings is 2. The Morgan fingerprint density at radius 1 is 1.00 bits per heavy atom. The van der Waals surface area contributed by atoms with Gasteiger partial charge in [-0.25, -0.2) is 0 Å². The summed E-state index contributed by atoms with van der Waals surface area (Å²) in [7, 11) is -1.06. The van der Waals surface area contributed by atoms with Gasteiger partial charge in [0.05, 0.1) is 5.41 Å². The Bertz CT molecular complexity index is 802. The number of rotatable bonds is 8. The number of anilines is 1. The molecule has 2 rings (SSSR count). The van der Waals surface area contributed by atoms with Crippen molar-refractivity contribution in [3.8, 4) is 0 Å². The minimum atomic E-state index is -1.13. The maximum atomic E-state index is 12.3. The van der Waals surface area contributed by atoms with Gasteiger partial charge < -0.3 is 10.4 Å². The Morgan fingerprint density at radius 3 is 2.27 bits per heavy atom. The van der Waals surface area contributed by atoms with Crippen molar-refractivity contribution in [2.24, 2.45) is 5.41 Å². The second-order valence-corrected chi connectivity index (χ2v) is 8.29. The molecule has 2 aromatic rings. The van der Waals surface area contributed by atoms with Gasteiger partial charge >= 0.3 is 5.97 Å². The Hall–Kier alpha value is -2.47. The van der Waals surface area contributed by atoms with E-state index in [1.54, 1.807) is 18.2 Å². The van der Waals surface area contributed by atoms with Crippen molar-refractivity contribution in [3.63, 3.8) is 0 Å². The molecule has 0 heterocycles. The third-order valence-electron chi connectivity index (χ3n) is 3.89. The van der Waals surface area contributed by atoms with Gasteiger partial charge in [-0.05, 0) is 37.1 Å². The van der Waals surface area contributed by atoms with E-state index in [0.29, 0.717) is 17.2 Å². The SMILES string of the molecule is CC(C)(CC(=O)Nc1cccc(CS(=O)Cc2ccccc2)c1)C(=O)O. The first kappa shape index (κ1) is 19.8. The minimum Gasteiger partial charge on any atom is -0.481 e. The van der Waals surface area contributed by atoms with E-state index in [1.165, 1.54) is 13.8 Å². The van der Waals surface area contributed by atoms with Crippen LogP contribution in [0.2, 0.25) is 0 Å². The number of amides is 1. The normalized spacial score (nSPS) is 12.4. The average Bonchev–Trinajstić information content (AvgIpc) is 2.55. The van der Waals surface area contributed by atoms with Crippen molar-refractivity contribution in [1.82, 2.24) is 0 Å². The van der Waals surface area contributed by atoms with Gasteiger partial charge in [-0.1, -0.05) is 42.5 Å². The number of hydrogen-bond donors (Lipinski definition) is 2. The smallest absolute Gasteiger partial charge is 0.309 e. The first-order valence-corrected chi connectivity index (χ1v) is 9.76. The van der Waals surface area contributed by atoms with Crippen LogP contribution in [0.1, 0.15) is 31.4 Å². The number of carbonyl (C=O) groups is 2. The molecule has 0 aliphatic heterocycles. The predicted molar refractivity (Wildman–Crippen MR) is 103 cm³/mol. The second-order valence-electron chi connectivity index (χ2n) is 6.83. The lowest BCUT2D eigenvalue weighted by Gasteiger charge is -2.18. The fraction of sp³-hybridized carbons (Fsp3) is 0.300. The van der Waals surface area contributed by atoms with E-state index in [1.807, 2.05) is 36.4 Å². The summed E-state index contributed by atoms with van der Waals surface area (Å²) in [4.78, 5) is 23.2. The van der Waals surface area contributed by atoms with Crippen LogP contribution in [-0.4, -0.2) is 21.2 Å². The van der Waals surface area contributed by atoms with Crippen LogP contribution in [-0.2, 0) is 31.9 Å². The van der Waals surface area contributed by atoms with Gasteiger partial charge in [0.1, 0.15) is 0 Å². The predicted octanol–water partition coefficient (Wildman–Crippen LogP) is 3.57. The molecular formula is C20H23NO4S. The molecule has 1 unspecified atom stereocenters. The topological polar surface area (TPSA) is 83.5 Å². The lowest BCUT2D eigenvalue weighted by atomic mass is 9.89. The molecular weight excluding hydrogens is 350 g/mol. The number of carboxylic acids is 1. The van der Waals surface area contributed by atoms with Gasteiger partial charge in [-0.2, -0.15) is 0 Å². The van der Waals surface area contributed by atoms with Crippen LogP contribution in [0.25, 0.3) is 0 Å². The molecule has 0 saturated heterocycles. The Labute approximate surface area is 155 Å². The molecule has 0 aliphatic carbocycles. The zero-order valence-corrected chi connectivity index (χ0v) is 15.7. The molecule has 0 fully saturated rings. The highest BCUT2D eigenvalue weighted by Gasteiger charge is 2.30. The quantitative estimate of drug-likeness (QED) is 0.741. The van der Waals surface area contributed by atoms with Crippen LogP contribution in [0, 0.1) is 5.41 Å². The molecule has 1 amide bonds. The Kier molecular flexibility index (Phi) is 6.69. The monoisotopic (exact) mass is 373 g/mol. The summed E-state index contributed by atoms with van der Waals surface area (Å²) in [5.74, 6) is -0.513. The molecule has 0 aliphatic rings. The van der Waals surface area contributed by atoms with Gasteiger partial charge in [0.2, 0.25) is 5.91 Å². The van der Waals surface area contributed by atoms with Gasteiger partial charge in [0, 0.05) is 34.4 Å². The molecule has 6 heteroatoms. The summed E-state index contributed by atoms with van der Waals surface area (Å²) in [6, 6.07) is 16.8. The van der Waals surface area contributed by atoms with E-state index in [0.717, 1.165) is 11.1 Å². The van der Waals surface area contributed by atoms with Crippen LogP contribution >= 0.6 is 0 Å². The van der Waals surface area contributed by atoms with E-state index in [4.69, 9.17) is 5.11 Å². The number of aliphatic carboxylic acids is 1. The fourth-order valence-corrected chi connectivity index (χ4v) is 3.64. The first-order chi connectivity index (χ1) is 12.3. The van der Waals surface area contributed by atoms with E-state index < -0.39 is 22.2 Å². The van der Waals surface area contributed by atoms with Crippen molar-refractivity contribution in [2.75, 3.05) is 5.32 Å².